The number of ether oxygens (including phenoxy) is 1. The zero-order valence-corrected chi connectivity index (χ0v) is 21.3. The number of hydrogen-bond donors (Lipinski definition) is 1. The van der Waals surface area contributed by atoms with E-state index in [4.69, 9.17) is 10.00 Å². The van der Waals surface area contributed by atoms with Gasteiger partial charge in [0, 0.05) is 17.4 Å². The molecule has 0 unspecified atom stereocenters. The molecule has 0 spiro atoms. The average molecular weight is 458 g/mol. The summed E-state index contributed by atoms with van der Waals surface area (Å²) in [5.41, 5.74) is 5.05. The SMILES string of the molecule is CCC(CC)(c1ccc(C#CC2(O)CCCC2)c(C)c1)c1ccc(OCCCCC#N)c(C)c1. The van der Waals surface area contributed by atoms with Gasteiger partial charge in [0.05, 0.1) is 12.7 Å². The lowest BCUT2D eigenvalue weighted by atomic mass is 9.70. The number of aryl methyl sites for hydroxylation is 2. The molecule has 3 rings (SSSR count). The minimum Gasteiger partial charge on any atom is -0.493 e. The van der Waals surface area contributed by atoms with Crippen LogP contribution in [-0.2, 0) is 5.41 Å². The van der Waals surface area contributed by atoms with Crippen molar-refractivity contribution in [3.05, 3.63) is 64.2 Å². The summed E-state index contributed by atoms with van der Waals surface area (Å²) in [4.78, 5) is 0. The second-order valence-electron chi connectivity index (χ2n) is 9.75. The van der Waals surface area contributed by atoms with Crippen molar-refractivity contribution in [2.45, 2.75) is 96.5 Å². The maximum atomic E-state index is 10.6. The molecule has 1 N–H and O–H groups in total. The van der Waals surface area contributed by atoms with Crippen LogP contribution in [0, 0.1) is 37.0 Å². The summed E-state index contributed by atoms with van der Waals surface area (Å²) in [6.45, 7) is 9.40. The molecule has 34 heavy (non-hydrogen) atoms. The van der Waals surface area contributed by atoms with Gasteiger partial charge in [-0.25, -0.2) is 0 Å². The fourth-order valence-electron chi connectivity index (χ4n) is 5.20. The summed E-state index contributed by atoms with van der Waals surface area (Å²) >= 11 is 0. The molecule has 180 valence electrons. The van der Waals surface area contributed by atoms with Gasteiger partial charge >= 0.3 is 0 Å². The van der Waals surface area contributed by atoms with Gasteiger partial charge in [-0.05, 0) is 99.6 Å². The van der Waals surface area contributed by atoms with E-state index in [2.05, 4.69) is 82.0 Å². The van der Waals surface area contributed by atoms with Crippen LogP contribution in [0.25, 0.3) is 0 Å². The van der Waals surface area contributed by atoms with E-state index in [1.54, 1.807) is 0 Å². The van der Waals surface area contributed by atoms with E-state index < -0.39 is 5.60 Å². The van der Waals surface area contributed by atoms with Crippen molar-refractivity contribution in [3.63, 3.8) is 0 Å². The van der Waals surface area contributed by atoms with E-state index >= 15 is 0 Å². The lowest BCUT2D eigenvalue weighted by Gasteiger charge is -2.34. The van der Waals surface area contributed by atoms with Crippen LogP contribution in [0.1, 0.15) is 99.5 Å². The van der Waals surface area contributed by atoms with Crippen molar-refractivity contribution >= 4 is 0 Å². The zero-order chi connectivity index (χ0) is 24.6. The van der Waals surface area contributed by atoms with Crippen molar-refractivity contribution in [3.8, 4) is 23.7 Å². The van der Waals surface area contributed by atoms with Gasteiger partial charge in [-0.1, -0.05) is 50.0 Å². The molecule has 1 aliphatic carbocycles. The molecule has 0 radical (unpaired) electrons. The predicted molar refractivity (Wildman–Crippen MR) is 139 cm³/mol. The third-order valence-corrected chi connectivity index (χ3v) is 7.51. The lowest BCUT2D eigenvalue weighted by molar-refractivity contribution is 0.110. The molecule has 1 saturated carbocycles. The molecule has 0 saturated heterocycles. The Balaban J connectivity index is 1.84. The number of aliphatic hydroxyl groups is 1. The van der Waals surface area contributed by atoms with Gasteiger partial charge in [-0.2, -0.15) is 5.26 Å². The van der Waals surface area contributed by atoms with E-state index in [9.17, 15) is 5.11 Å². The predicted octanol–water partition coefficient (Wildman–Crippen LogP) is 7.14. The Labute approximate surface area is 206 Å². The van der Waals surface area contributed by atoms with Crippen LogP contribution < -0.4 is 4.74 Å². The smallest absolute Gasteiger partial charge is 0.125 e. The minimum atomic E-state index is -0.807. The van der Waals surface area contributed by atoms with Crippen molar-refractivity contribution < 1.29 is 9.84 Å². The summed E-state index contributed by atoms with van der Waals surface area (Å²) in [7, 11) is 0. The fourth-order valence-corrected chi connectivity index (χ4v) is 5.20. The molecular weight excluding hydrogens is 418 g/mol. The van der Waals surface area contributed by atoms with Crippen LogP contribution in [0.5, 0.6) is 5.75 Å². The number of nitrogens with zero attached hydrogens (tertiary/aromatic N) is 1. The first-order valence-corrected chi connectivity index (χ1v) is 12.8. The molecule has 3 nitrogen and oxygen atoms in total. The quantitative estimate of drug-likeness (QED) is 0.322. The molecule has 0 amide bonds. The topological polar surface area (TPSA) is 53.2 Å². The number of benzene rings is 2. The highest BCUT2D eigenvalue weighted by Gasteiger charge is 2.32. The standard InChI is InChI=1S/C31H39NO2/c1-5-31(6-2,28-14-15-29(25(4)23-28)34-21-11-7-10-20-32)27-13-12-26(24(3)22-27)16-19-30(33)17-8-9-18-30/h12-15,22-23,33H,5-11,17-18,21H2,1-4H3. The molecule has 0 bridgehead atoms. The van der Waals surface area contributed by atoms with Gasteiger partial charge in [0.15, 0.2) is 0 Å². The molecule has 0 aromatic heterocycles. The highest BCUT2D eigenvalue weighted by molar-refractivity contribution is 5.50. The van der Waals surface area contributed by atoms with Crippen LogP contribution in [0.4, 0.5) is 0 Å². The van der Waals surface area contributed by atoms with Crippen LogP contribution in [-0.4, -0.2) is 17.3 Å². The molecule has 3 heteroatoms. The summed E-state index contributed by atoms with van der Waals surface area (Å²) in [5, 5.41) is 19.3. The second-order valence-corrected chi connectivity index (χ2v) is 9.75. The molecule has 0 heterocycles. The maximum Gasteiger partial charge on any atom is 0.125 e. The van der Waals surface area contributed by atoms with Crippen LogP contribution >= 0.6 is 0 Å². The van der Waals surface area contributed by atoms with E-state index in [1.807, 2.05) is 0 Å². The zero-order valence-electron chi connectivity index (χ0n) is 21.3. The second kappa shape index (κ2) is 11.6. The monoisotopic (exact) mass is 457 g/mol. The normalized spacial score (nSPS) is 14.8. The van der Waals surface area contributed by atoms with Crippen molar-refractivity contribution in [2.24, 2.45) is 0 Å². The van der Waals surface area contributed by atoms with Gasteiger partial charge in [0.25, 0.3) is 0 Å². The molecule has 2 aromatic rings. The summed E-state index contributed by atoms with van der Waals surface area (Å²) in [5.74, 6) is 7.34. The lowest BCUT2D eigenvalue weighted by Crippen LogP contribution is -2.26. The van der Waals surface area contributed by atoms with Gasteiger partial charge in [0.1, 0.15) is 11.4 Å². The number of nitriles is 1. The molecule has 1 fully saturated rings. The first-order valence-electron chi connectivity index (χ1n) is 12.8. The molecule has 2 aromatic carbocycles. The Morgan fingerprint density at radius 2 is 1.62 bits per heavy atom. The Kier molecular flexibility index (Phi) is 8.82. The molecule has 1 aliphatic rings. The largest absolute Gasteiger partial charge is 0.493 e. The summed E-state index contributed by atoms with van der Waals surface area (Å²) in [6, 6.07) is 15.4. The van der Waals surface area contributed by atoms with Gasteiger partial charge in [-0.3, -0.25) is 0 Å². The highest BCUT2D eigenvalue weighted by atomic mass is 16.5. The molecule has 0 atom stereocenters. The Bertz CT molecular complexity index is 1070. The third-order valence-electron chi connectivity index (χ3n) is 7.51. The Morgan fingerprint density at radius 3 is 2.21 bits per heavy atom. The van der Waals surface area contributed by atoms with E-state index in [-0.39, 0.29) is 5.41 Å². The van der Waals surface area contributed by atoms with Crippen LogP contribution in [0.3, 0.4) is 0 Å². The first-order chi connectivity index (χ1) is 16.4. The van der Waals surface area contributed by atoms with E-state index in [1.165, 1.54) is 11.1 Å². The maximum absolute atomic E-state index is 10.6. The summed E-state index contributed by atoms with van der Waals surface area (Å²) in [6.07, 6.45) is 8.04. The van der Waals surface area contributed by atoms with Gasteiger partial charge < -0.3 is 9.84 Å². The number of hydrogen-bond acceptors (Lipinski definition) is 3. The third kappa shape index (κ3) is 5.84. The fraction of sp³-hybridized carbons (Fsp3) is 0.516. The average Bonchev–Trinajstić information content (AvgIpc) is 3.27. The molecule has 0 aliphatic heterocycles. The van der Waals surface area contributed by atoms with Crippen LogP contribution in [0.15, 0.2) is 36.4 Å². The summed E-state index contributed by atoms with van der Waals surface area (Å²) < 4.78 is 5.99. The van der Waals surface area contributed by atoms with Crippen molar-refractivity contribution in [2.75, 3.05) is 6.61 Å². The van der Waals surface area contributed by atoms with Gasteiger partial charge in [-0.15, -0.1) is 0 Å². The first kappa shape index (κ1) is 25.9. The van der Waals surface area contributed by atoms with E-state index in [0.717, 1.165) is 73.8 Å². The van der Waals surface area contributed by atoms with Gasteiger partial charge in [0.2, 0.25) is 0 Å². The molecular formula is C31H39NO2. The Hall–Kier alpha value is -2.75. The highest BCUT2D eigenvalue weighted by Crippen LogP contribution is 2.41. The van der Waals surface area contributed by atoms with Crippen molar-refractivity contribution in [1.29, 1.82) is 5.26 Å². The minimum absolute atomic E-state index is 0.0730. The van der Waals surface area contributed by atoms with E-state index in [0.29, 0.717) is 13.0 Å². The van der Waals surface area contributed by atoms with Crippen molar-refractivity contribution in [1.82, 2.24) is 0 Å². The number of rotatable bonds is 9. The number of unbranched alkanes of at least 4 members (excludes halogenated alkanes) is 2. The van der Waals surface area contributed by atoms with Crippen LogP contribution in [0.2, 0.25) is 0 Å². The Morgan fingerprint density at radius 1 is 0.971 bits per heavy atom.